The van der Waals surface area contributed by atoms with E-state index >= 15 is 8.78 Å². The van der Waals surface area contributed by atoms with Gasteiger partial charge in [-0.3, -0.25) is 19.5 Å². The molecule has 1 amide bonds. The Morgan fingerprint density at radius 3 is 2.27 bits per heavy atom. The lowest BCUT2D eigenvalue weighted by molar-refractivity contribution is -0.137. The van der Waals surface area contributed by atoms with Gasteiger partial charge in [-0.25, -0.2) is 13.2 Å². The second kappa shape index (κ2) is 13.9. The number of alkyl halides is 1. The molecule has 2 N–H and O–H groups in total. The predicted molar refractivity (Wildman–Crippen MR) is 165 cm³/mol. The molecule has 236 valence electrons. The quantitative estimate of drug-likeness (QED) is 0.233. The Hall–Kier alpha value is -3.72. The Kier molecular flexibility index (Phi) is 10.5. The van der Waals surface area contributed by atoms with Gasteiger partial charge in [0, 0.05) is 37.0 Å². The summed E-state index contributed by atoms with van der Waals surface area (Å²) in [5, 5.41) is 12.5. The maximum absolute atomic E-state index is 16.3. The standard InChI is InChI=1S/C35H42F3N3O3/c1-19(2)12-26(28-14-24(23(6)16-39-28)10-11-41-17-25(36)18-41)35(44)40-29(15-30(42)43)32-33(37)22(5)13-27(34(32)38)31-20(3)8-7-9-21(31)4/h7-9,13-14,16,19,25-26,29H,10-12,15,17-18H2,1-6H3,(H,40,44)(H,42,43)/t26-,29-/m0/s1. The number of aliphatic carboxylic acids is 1. The SMILES string of the molecule is Cc1cnc([C@H](CC(C)C)C(=O)N[C@@H](CC(=O)O)c2c(F)c(C)cc(-c3c(C)cccc3C)c2F)cc1CCN1CC(F)C1. The van der Waals surface area contributed by atoms with Crippen LogP contribution in [-0.4, -0.2) is 52.7 Å². The molecule has 2 heterocycles. The Bertz CT molecular complexity index is 1520. The van der Waals surface area contributed by atoms with E-state index in [-0.39, 0.29) is 17.0 Å². The highest BCUT2D eigenvalue weighted by Crippen LogP contribution is 2.37. The van der Waals surface area contributed by atoms with E-state index in [1.807, 2.05) is 63.8 Å². The molecule has 0 spiro atoms. The number of likely N-dealkylation sites (tertiary alicyclic amines) is 1. The molecule has 1 saturated heterocycles. The Morgan fingerprint density at radius 2 is 1.68 bits per heavy atom. The van der Waals surface area contributed by atoms with E-state index in [4.69, 9.17) is 0 Å². The van der Waals surface area contributed by atoms with E-state index in [0.717, 1.165) is 22.3 Å². The summed E-state index contributed by atoms with van der Waals surface area (Å²) in [6.07, 6.45) is 1.25. The average molecular weight is 610 g/mol. The largest absolute Gasteiger partial charge is 0.481 e. The molecular formula is C35H42F3N3O3. The van der Waals surface area contributed by atoms with Gasteiger partial charge in [0.15, 0.2) is 0 Å². The van der Waals surface area contributed by atoms with Gasteiger partial charge >= 0.3 is 5.97 Å². The third-order valence-corrected chi connectivity index (χ3v) is 8.44. The van der Waals surface area contributed by atoms with Crippen molar-refractivity contribution in [3.05, 3.63) is 87.2 Å². The Morgan fingerprint density at radius 1 is 1.02 bits per heavy atom. The van der Waals surface area contributed by atoms with E-state index in [0.29, 0.717) is 43.7 Å². The molecule has 1 aliphatic heterocycles. The Labute approximate surface area is 257 Å². The molecule has 6 nitrogen and oxygen atoms in total. The number of carboxylic acid groups (broad SMARTS) is 1. The topological polar surface area (TPSA) is 82.5 Å². The van der Waals surface area contributed by atoms with Crippen LogP contribution >= 0.6 is 0 Å². The maximum atomic E-state index is 16.3. The van der Waals surface area contributed by atoms with Gasteiger partial charge < -0.3 is 10.4 Å². The zero-order valence-electron chi connectivity index (χ0n) is 26.3. The molecule has 1 fully saturated rings. The molecule has 1 aliphatic rings. The van der Waals surface area contributed by atoms with Crippen LogP contribution in [0.1, 0.15) is 77.7 Å². The monoisotopic (exact) mass is 609 g/mol. The number of carboxylic acids is 1. The Balaban J connectivity index is 1.71. The lowest BCUT2D eigenvalue weighted by Crippen LogP contribution is -2.48. The van der Waals surface area contributed by atoms with Crippen molar-refractivity contribution >= 4 is 11.9 Å². The van der Waals surface area contributed by atoms with E-state index in [9.17, 15) is 19.1 Å². The zero-order valence-corrected chi connectivity index (χ0v) is 26.3. The summed E-state index contributed by atoms with van der Waals surface area (Å²) in [6, 6.07) is 7.35. The summed E-state index contributed by atoms with van der Waals surface area (Å²) in [6.45, 7) is 12.5. The molecule has 44 heavy (non-hydrogen) atoms. The van der Waals surface area contributed by atoms with Crippen molar-refractivity contribution in [1.82, 2.24) is 15.2 Å². The summed E-state index contributed by atoms with van der Waals surface area (Å²) in [7, 11) is 0. The first-order valence-electron chi connectivity index (χ1n) is 15.2. The normalized spacial score (nSPS) is 15.2. The maximum Gasteiger partial charge on any atom is 0.305 e. The highest BCUT2D eigenvalue weighted by molar-refractivity contribution is 5.84. The van der Waals surface area contributed by atoms with Crippen LogP contribution in [0.4, 0.5) is 13.2 Å². The van der Waals surface area contributed by atoms with Gasteiger partial charge in [0.25, 0.3) is 0 Å². The van der Waals surface area contributed by atoms with E-state index in [1.165, 1.54) is 13.0 Å². The third kappa shape index (κ3) is 7.49. The van der Waals surface area contributed by atoms with Gasteiger partial charge in [-0.2, -0.15) is 0 Å². The second-order valence-electron chi connectivity index (χ2n) is 12.5. The van der Waals surface area contributed by atoms with Crippen LogP contribution in [0.5, 0.6) is 0 Å². The van der Waals surface area contributed by atoms with E-state index < -0.39 is 53.6 Å². The number of aryl methyl sites for hydroxylation is 4. The molecule has 0 saturated carbocycles. The summed E-state index contributed by atoms with van der Waals surface area (Å²) in [5.41, 5.74) is 4.44. The molecule has 0 bridgehead atoms. The lowest BCUT2D eigenvalue weighted by Gasteiger charge is -2.34. The molecule has 0 radical (unpaired) electrons. The first-order chi connectivity index (χ1) is 20.8. The van der Waals surface area contributed by atoms with Gasteiger partial charge in [-0.15, -0.1) is 0 Å². The minimum absolute atomic E-state index is 0.0703. The van der Waals surface area contributed by atoms with Crippen LogP contribution in [0.15, 0.2) is 36.5 Å². The molecule has 0 aliphatic carbocycles. The van der Waals surface area contributed by atoms with Crippen molar-refractivity contribution in [1.29, 1.82) is 0 Å². The second-order valence-corrected chi connectivity index (χ2v) is 12.5. The van der Waals surface area contributed by atoms with Crippen molar-refractivity contribution in [2.75, 3.05) is 19.6 Å². The van der Waals surface area contributed by atoms with E-state index in [1.54, 1.807) is 6.20 Å². The molecular weight excluding hydrogens is 567 g/mol. The summed E-state index contributed by atoms with van der Waals surface area (Å²) < 4.78 is 45.3. The van der Waals surface area contributed by atoms with Crippen LogP contribution in [0, 0.1) is 45.2 Å². The number of hydrogen-bond acceptors (Lipinski definition) is 4. The fourth-order valence-corrected chi connectivity index (χ4v) is 6.04. The van der Waals surface area contributed by atoms with Crippen molar-refractivity contribution < 1.29 is 27.9 Å². The third-order valence-electron chi connectivity index (χ3n) is 8.44. The number of nitrogens with zero attached hydrogens (tertiary/aromatic N) is 2. The van der Waals surface area contributed by atoms with Crippen molar-refractivity contribution in [2.24, 2.45) is 5.92 Å². The fraction of sp³-hybridized carbons (Fsp3) is 0.457. The molecule has 1 aromatic heterocycles. The van der Waals surface area contributed by atoms with Gasteiger partial charge in [-0.1, -0.05) is 32.0 Å². The number of pyridine rings is 1. The molecule has 9 heteroatoms. The van der Waals surface area contributed by atoms with Crippen LogP contribution in [0.25, 0.3) is 11.1 Å². The van der Waals surface area contributed by atoms with E-state index in [2.05, 4.69) is 10.3 Å². The number of halogens is 3. The minimum atomic E-state index is -1.46. The number of carbonyl (C=O) groups is 2. The van der Waals surface area contributed by atoms with Crippen molar-refractivity contribution in [3.63, 3.8) is 0 Å². The molecule has 0 unspecified atom stereocenters. The van der Waals surface area contributed by atoms with Crippen LogP contribution < -0.4 is 5.32 Å². The fourth-order valence-electron chi connectivity index (χ4n) is 6.04. The molecule has 2 atom stereocenters. The van der Waals surface area contributed by atoms with Gasteiger partial charge in [0.05, 0.1) is 24.1 Å². The zero-order chi connectivity index (χ0) is 32.3. The highest BCUT2D eigenvalue weighted by atomic mass is 19.1. The number of rotatable bonds is 12. The van der Waals surface area contributed by atoms with Gasteiger partial charge in [-0.05, 0) is 92.0 Å². The molecule has 4 rings (SSSR count). The highest BCUT2D eigenvalue weighted by Gasteiger charge is 2.32. The molecule has 2 aromatic carbocycles. The first kappa shape index (κ1) is 33.2. The van der Waals surface area contributed by atoms with Crippen LogP contribution in [-0.2, 0) is 16.0 Å². The lowest BCUT2D eigenvalue weighted by atomic mass is 9.88. The number of carbonyl (C=O) groups excluding carboxylic acids is 1. The van der Waals surface area contributed by atoms with Crippen molar-refractivity contribution in [2.45, 2.75) is 78.9 Å². The number of benzene rings is 2. The number of nitrogens with one attached hydrogen (secondary N) is 1. The molecule has 3 aromatic rings. The summed E-state index contributed by atoms with van der Waals surface area (Å²) >= 11 is 0. The summed E-state index contributed by atoms with van der Waals surface area (Å²) in [4.78, 5) is 32.5. The predicted octanol–water partition coefficient (Wildman–Crippen LogP) is 6.92. The number of aromatic nitrogens is 1. The van der Waals surface area contributed by atoms with Crippen molar-refractivity contribution in [3.8, 4) is 11.1 Å². The first-order valence-corrected chi connectivity index (χ1v) is 15.2. The van der Waals surface area contributed by atoms with Crippen LogP contribution in [0.3, 0.4) is 0 Å². The van der Waals surface area contributed by atoms with Gasteiger partial charge in [0.2, 0.25) is 5.91 Å². The van der Waals surface area contributed by atoms with Crippen LogP contribution in [0.2, 0.25) is 0 Å². The minimum Gasteiger partial charge on any atom is -0.481 e. The number of hydrogen-bond donors (Lipinski definition) is 2. The van der Waals surface area contributed by atoms with Gasteiger partial charge in [0.1, 0.15) is 17.8 Å². The average Bonchev–Trinajstić information content (AvgIpc) is 2.92. The smallest absolute Gasteiger partial charge is 0.305 e. The summed E-state index contributed by atoms with van der Waals surface area (Å²) in [5.74, 6) is -4.35. The number of amides is 1.